The molecule has 0 aliphatic carbocycles. The van der Waals surface area contributed by atoms with Crippen LogP contribution in [0.25, 0.3) is 6.08 Å². The van der Waals surface area contributed by atoms with Crippen molar-refractivity contribution in [2.24, 2.45) is 0 Å². The third-order valence-corrected chi connectivity index (χ3v) is 4.71. The van der Waals surface area contributed by atoms with Crippen molar-refractivity contribution in [2.75, 3.05) is 0 Å². The monoisotopic (exact) mass is 436 g/mol. The molecule has 0 unspecified atom stereocenters. The normalized spacial score (nSPS) is 12.6. The number of phenolic OH excluding ortho intramolecular Hbond substituents is 1. The Morgan fingerprint density at radius 2 is 1.41 bits per heavy atom. The topological polar surface area (TPSA) is 55.8 Å². The van der Waals surface area contributed by atoms with Gasteiger partial charge in [0.2, 0.25) is 0 Å². The van der Waals surface area contributed by atoms with E-state index in [4.69, 9.17) is 9.47 Å². The quantitative estimate of drug-likeness (QED) is 0.285. The molecule has 0 radical (unpaired) electrons. The summed E-state index contributed by atoms with van der Waals surface area (Å²) in [6.45, 7) is 20.1. The van der Waals surface area contributed by atoms with Gasteiger partial charge in [-0.2, -0.15) is 0 Å². The summed E-state index contributed by atoms with van der Waals surface area (Å²) >= 11 is 0. The molecular weight excluding hydrogens is 400 g/mol. The second-order valence-corrected chi connectivity index (χ2v) is 10.5. The van der Waals surface area contributed by atoms with E-state index in [1.807, 2.05) is 59.8 Å². The lowest BCUT2D eigenvalue weighted by Crippen LogP contribution is -2.27. The van der Waals surface area contributed by atoms with Crippen LogP contribution in [0.4, 0.5) is 0 Å². The van der Waals surface area contributed by atoms with E-state index in [9.17, 15) is 9.90 Å². The molecule has 2 aromatic carbocycles. The summed E-state index contributed by atoms with van der Waals surface area (Å²) in [6, 6.07) is 10.1. The molecular formula is C28H36O4. The SMILES string of the molecule is C=CC(C)(C)c1cc(C=CC(=O)c2ccc(O)cc2)c(OC(C)(C)C)cc1OC(C)(C)C. The first kappa shape index (κ1) is 25.3. The third-order valence-electron chi connectivity index (χ3n) is 4.71. The Labute approximate surface area is 192 Å². The summed E-state index contributed by atoms with van der Waals surface area (Å²) in [7, 11) is 0. The lowest BCUT2D eigenvalue weighted by Gasteiger charge is -2.31. The zero-order valence-electron chi connectivity index (χ0n) is 20.6. The van der Waals surface area contributed by atoms with Gasteiger partial charge in [-0.15, -0.1) is 6.58 Å². The second kappa shape index (κ2) is 9.23. The Bertz CT molecular complexity index is 997. The van der Waals surface area contributed by atoms with Crippen molar-refractivity contribution >= 4 is 11.9 Å². The largest absolute Gasteiger partial charge is 0.508 e. The van der Waals surface area contributed by atoms with Crippen molar-refractivity contribution in [1.29, 1.82) is 0 Å². The smallest absolute Gasteiger partial charge is 0.185 e. The number of ether oxygens (including phenoxy) is 2. The van der Waals surface area contributed by atoms with Crippen LogP contribution in [-0.2, 0) is 5.41 Å². The van der Waals surface area contributed by atoms with Crippen molar-refractivity contribution in [1.82, 2.24) is 0 Å². The number of aromatic hydroxyl groups is 1. The average molecular weight is 437 g/mol. The van der Waals surface area contributed by atoms with Gasteiger partial charge in [0.15, 0.2) is 5.78 Å². The zero-order chi connectivity index (χ0) is 24.3. The fraction of sp³-hybridized carbons (Fsp3) is 0.393. The minimum absolute atomic E-state index is 0.122. The molecule has 0 aliphatic rings. The molecule has 0 spiro atoms. The number of rotatable bonds is 7. The van der Waals surface area contributed by atoms with Crippen molar-refractivity contribution in [3.8, 4) is 17.2 Å². The summed E-state index contributed by atoms with van der Waals surface area (Å²) in [5.41, 5.74) is 1.05. The molecule has 0 saturated carbocycles. The molecule has 32 heavy (non-hydrogen) atoms. The van der Waals surface area contributed by atoms with Crippen molar-refractivity contribution < 1.29 is 19.4 Å². The predicted molar refractivity (Wildman–Crippen MR) is 132 cm³/mol. The molecule has 0 saturated heterocycles. The number of benzene rings is 2. The molecule has 172 valence electrons. The molecule has 0 fully saturated rings. The first-order valence-electron chi connectivity index (χ1n) is 10.8. The van der Waals surface area contributed by atoms with Gasteiger partial charge in [-0.05, 0) is 84.0 Å². The highest BCUT2D eigenvalue weighted by Gasteiger charge is 2.27. The highest BCUT2D eigenvalue weighted by molar-refractivity contribution is 6.07. The van der Waals surface area contributed by atoms with Crippen LogP contribution in [0.15, 0.2) is 55.1 Å². The first-order chi connectivity index (χ1) is 14.6. The summed E-state index contributed by atoms with van der Waals surface area (Å²) < 4.78 is 12.5. The Morgan fingerprint density at radius 3 is 1.91 bits per heavy atom. The van der Waals surface area contributed by atoms with Crippen LogP contribution < -0.4 is 9.47 Å². The van der Waals surface area contributed by atoms with Crippen LogP contribution in [-0.4, -0.2) is 22.1 Å². The Hall–Kier alpha value is -3.01. The highest BCUT2D eigenvalue weighted by atomic mass is 16.5. The van der Waals surface area contributed by atoms with Gasteiger partial charge in [0.25, 0.3) is 0 Å². The van der Waals surface area contributed by atoms with Gasteiger partial charge < -0.3 is 14.6 Å². The van der Waals surface area contributed by atoms with Gasteiger partial charge >= 0.3 is 0 Å². The average Bonchev–Trinajstić information content (AvgIpc) is 2.65. The molecule has 4 heteroatoms. The fourth-order valence-electron chi connectivity index (χ4n) is 3.04. The summed E-state index contributed by atoms with van der Waals surface area (Å²) in [5, 5.41) is 9.46. The summed E-state index contributed by atoms with van der Waals surface area (Å²) in [4.78, 5) is 12.7. The van der Waals surface area contributed by atoms with E-state index >= 15 is 0 Å². The maximum atomic E-state index is 12.7. The highest BCUT2D eigenvalue weighted by Crippen LogP contribution is 2.40. The van der Waals surface area contributed by atoms with Gasteiger partial charge in [0.05, 0.1) is 0 Å². The minimum Gasteiger partial charge on any atom is -0.508 e. The van der Waals surface area contributed by atoms with E-state index in [0.29, 0.717) is 11.3 Å². The zero-order valence-corrected chi connectivity index (χ0v) is 20.6. The lowest BCUT2D eigenvalue weighted by molar-refractivity contribution is 0.104. The van der Waals surface area contributed by atoms with Crippen LogP contribution in [0.2, 0.25) is 0 Å². The van der Waals surface area contributed by atoms with Crippen LogP contribution in [0, 0.1) is 0 Å². The lowest BCUT2D eigenvalue weighted by atomic mass is 9.83. The van der Waals surface area contributed by atoms with E-state index in [2.05, 4.69) is 20.4 Å². The van der Waals surface area contributed by atoms with Gasteiger partial charge in [0, 0.05) is 28.2 Å². The molecule has 0 amide bonds. The number of phenols is 1. The van der Waals surface area contributed by atoms with Crippen LogP contribution in [0.5, 0.6) is 17.2 Å². The molecule has 0 aromatic heterocycles. The van der Waals surface area contributed by atoms with E-state index < -0.39 is 11.2 Å². The van der Waals surface area contributed by atoms with Crippen molar-refractivity contribution in [3.05, 3.63) is 71.8 Å². The number of ketones is 1. The first-order valence-corrected chi connectivity index (χ1v) is 10.8. The third kappa shape index (κ3) is 7.01. The van der Waals surface area contributed by atoms with Crippen molar-refractivity contribution in [2.45, 2.75) is 72.0 Å². The number of hydrogen-bond donors (Lipinski definition) is 1. The minimum atomic E-state index is -0.433. The summed E-state index contributed by atoms with van der Waals surface area (Å²) in [6.07, 6.45) is 5.17. The Kier molecular flexibility index (Phi) is 7.29. The standard InChI is InChI=1S/C28H36O4/c1-10-28(8,9)22-17-20(13-16-23(30)19-11-14-21(29)15-12-19)24(31-26(2,3)4)18-25(22)32-27(5,6)7/h10-18,29H,1H2,2-9H3. The Morgan fingerprint density at radius 1 is 0.875 bits per heavy atom. The fourth-order valence-corrected chi connectivity index (χ4v) is 3.04. The van der Waals surface area contributed by atoms with Gasteiger partial charge in [-0.3, -0.25) is 4.79 Å². The molecule has 1 N–H and O–H groups in total. The van der Waals surface area contributed by atoms with E-state index in [1.54, 1.807) is 18.2 Å². The molecule has 0 atom stereocenters. The maximum Gasteiger partial charge on any atom is 0.185 e. The number of allylic oxidation sites excluding steroid dienone is 2. The molecule has 2 rings (SSSR count). The molecule has 0 bridgehead atoms. The van der Waals surface area contributed by atoms with Gasteiger partial charge in [-0.25, -0.2) is 0 Å². The van der Waals surface area contributed by atoms with Gasteiger partial charge in [-0.1, -0.05) is 19.9 Å². The van der Waals surface area contributed by atoms with Crippen molar-refractivity contribution in [3.63, 3.8) is 0 Å². The van der Waals surface area contributed by atoms with E-state index in [1.165, 1.54) is 18.2 Å². The summed E-state index contributed by atoms with van der Waals surface area (Å²) in [5.74, 6) is 1.32. The van der Waals surface area contributed by atoms with E-state index in [-0.39, 0.29) is 16.9 Å². The maximum absolute atomic E-state index is 12.7. The second-order valence-electron chi connectivity index (χ2n) is 10.5. The number of hydrogen-bond acceptors (Lipinski definition) is 4. The molecule has 4 nitrogen and oxygen atoms in total. The van der Waals surface area contributed by atoms with Crippen LogP contribution in [0.3, 0.4) is 0 Å². The Balaban J connectivity index is 2.62. The predicted octanol–water partition coefficient (Wildman–Crippen LogP) is 7.11. The molecule has 0 heterocycles. The van der Waals surface area contributed by atoms with Crippen LogP contribution in [0.1, 0.15) is 76.9 Å². The number of carbonyl (C=O) groups excluding carboxylic acids is 1. The van der Waals surface area contributed by atoms with E-state index in [0.717, 1.165) is 16.9 Å². The van der Waals surface area contributed by atoms with Crippen LogP contribution >= 0.6 is 0 Å². The molecule has 0 aliphatic heterocycles. The number of carbonyl (C=O) groups is 1. The molecule has 2 aromatic rings. The van der Waals surface area contributed by atoms with Gasteiger partial charge in [0.1, 0.15) is 28.5 Å².